The molecule has 0 aromatic heterocycles. The van der Waals surface area contributed by atoms with E-state index in [0.29, 0.717) is 0 Å². The first-order chi connectivity index (χ1) is 2.00. The molecule has 0 aliphatic heterocycles. The molecule has 0 rings (SSSR count). The van der Waals surface area contributed by atoms with Crippen LogP contribution in [0.25, 0.3) is 0 Å². The van der Waals surface area contributed by atoms with E-state index in [9.17, 15) is 8.42 Å². The summed E-state index contributed by atoms with van der Waals surface area (Å²) in [5.41, 5.74) is 0. The average molecular weight is 197 g/mol. The number of hydrogen-bond acceptors (Lipinski definition) is 2. The molecule has 0 fully saturated rings. The SMILES string of the molecule is [Br-].[CH2-]S(C)(=O)=O.[Mg+2]. The summed E-state index contributed by atoms with van der Waals surface area (Å²) in [5.74, 6) is 0. The van der Waals surface area contributed by atoms with Crippen molar-refractivity contribution in [3.63, 3.8) is 0 Å². The Morgan fingerprint density at radius 3 is 1.43 bits per heavy atom. The summed E-state index contributed by atoms with van der Waals surface area (Å²) < 4.78 is 19.0. The molecule has 0 amide bonds. The molecule has 40 valence electrons. The summed E-state index contributed by atoms with van der Waals surface area (Å²) in [5, 5.41) is 0. The van der Waals surface area contributed by atoms with Gasteiger partial charge in [0.2, 0.25) is 0 Å². The maximum Gasteiger partial charge on any atom is 2.00 e. The fourth-order valence-electron chi connectivity index (χ4n) is 0. The number of sulfone groups is 1. The van der Waals surface area contributed by atoms with E-state index in [2.05, 4.69) is 6.26 Å². The van der Waals surface area contributed by atoms with Crippen LogP contribution in [0.1, 0.15) is 0 Å². The molecule has 0 N–H and O–H groups in total. The van der Waals surface area contributed by atoms with Gasteiger partial charge in [0.05, 0.1) is 0 Å². The zero-order valence-electron chi connectivity index (χ0n) is 4.02. The smallest absolute Gasteiger partial charge is 1.00 e. The Kier molecular flexibility index (Phi) is 12.0. The second-order valence-corrected chi connectivity index (χ2v) is 2.78. The van der Waals surface area contributed by atoms with Crippen molar-refractivity contribution in [1.29, 1.82) is 0 Å². The Bertz CT molecular complexity index is 98.9. The van der Waals surface area contributed by atoms with Gasteiger partial charge in [-0.1, -0.05) is 0 Å². The average Bonchev–Trinajstić information content (AvgIpc) is 0.722. The number of hydrogen-bond donors (Lipinski definition) is 0. The summed E-state index contributed by atoms with van der Waals surface area (Å²) in [6, 6.07) is 0. The van der Waals surface area contributed by atoms with Crippen LogP contribution in [0.15, 0.2) is 0 Å². The second kappa shape index (κ2) is 5.34. The standard InChI is InChI=1S/C2H5O2S.BrH.Mg/c1-5(2,3)4;;/h1H2,2H3;1H;/q-1;;+2/p-1. The predicted octanol–water partition coefficient (Wildman–Crippen LogP) is -3.55. The quantitative estimate of drug-likeness (QED) is 0.298. The fourth-order valence-corrected chi connectivity index (χ4v) is 0. The minimum Gasteiger partial charge on any atom is -1.00 e. The van der Waals surface area contributed by atoms with Gasteiger partial charge in [-0.25, -0.2) is 6.26 Å². The zero-order chi connectivity index (χ0) is 4.50. The molecular formula is C2H5BrMgO2S. The van der Waals surface area contributed by atoms with Gasteiger partial charge in [0, 0.05) is 16.1 Å². The van der Waals surface area contributed by atoms with Gasteiger partial charge in [-0.15, -0.1) is 0 Å². The normalized spacial score (nSPS) is 8.29. The third-order valence-corrected chi connectivity index (χ3v) is 0. The number of rotatable bonds is 0. The van der Waals surface area contributed by atoms with Crippen molar-refractivity contribution in [2.75, 3.05) is 6.26 Å². The minimum absolute atomic E-state index is 0. The molecular weight excluding hydrogens is 192 g/mol. The van der Waals surface area contributed by atoms with Crippen molar-refractivity contribution in [2.45, 2.75) is 0 Å². The van der Waals surface area contributed by atoms with E-state index in [-0.39, 0.29) is 40.0 Å². The zero-order valence-corrected chi connectivity index (χ0v) is 7.83. The van der Waals surface area contributed by atoms with Crippen LogP contribution < -0.4 is 17.0 Å². The third kappa shape index (κ3) is 136. The molecule has 0 atom stereocenters. The summed E-state index contributed by atoms with van der Waals surface area (Å²) in [6.07, 6.45) is 3.79. The van der Waals surface area contributed by atoms with E-state index in [1.165, 1.54) is 0 Å². The van der Waals surface area contributed by atoms with Gasteiger partial charge in [0.15, 0.2) is 0 Å². The minimum atomic E-state index is -2.92. The summed E-state index contributed by atoms with van der Waals surface area (Å²) in [7, 11) is -2.92. The van der Waals surface area contributed by atoms with Gasteiger partial charge in [0.1, 0.15) is 0 Å². The largest absolute Gasteiger partial charge is 2.00 e. The van der Waals surface area contributed by atoms with Crippen LogP contribution in [0.4, 0.5) is 0 Å². The van der Waals surface area contributed by atoms with Crippen LogP contribution in [0, 0.1) is 6.26 Å². The van der Waals surface area contributed by atoms with E-state index < -0.39 is 9.84 Å². The van der Waals surface area contributed by atoms with Crippen molar-refractivity contribution >= 4 is 32.9 Å². The first kappa shape index (κ1) is 15.7. The Labute approximate surface area is 70.5 Å². The molecule has 0 radical (unpaired) electrons. The van der Waals surface area contributed by atoms with Gasteiger partial charge in [0.25, 0.3) is 0 Å². The van der Waals surface area contributed by atoms with E-state index >= 15 is 0 Å². The summed E-state index contributed by atoms with van der Waals surface area (Å²) in [6.45, 7) is 0. The summed E-state index contributed by atoms with van der Waals surface area (Å²) in [4.78, 5) is 0. The van der Waals surface area contributed by atoms with E-state index in [4.69, 9.17) is 0 Å². The van der Waals surface area contributed by atoms with Crippen molar-refractivity contribution in [3.05, 3.63) is 6.26 Å². The van der Waals surface area contributed by atoms with E-state index in [0.717, 1.165) is 6.26 Å². The van der Waals surface area contributed by atoms with E-state index in [1.54, 1.807) is 0 Å². The van der Waals surface area contributed by atoms with E-state index in [1.807, 2.05) is 0 Å². The molecule has 0 saturated carbocycles. The van der Waals surface area contributed by atoms with Crippen LogP contribution in [-0.2, 0) is 9.84 Å². The molecule has 0 spiro atoms. The molecule has 0 heterocycles. The van der Waals surface area contributed by atoms with Gasteiger partial charge in [-0.3, -0.25) is 8.42 Å². The van der Waals surface area contributed by atoms with Crippen molar-refractivity contribution in [3.8, 4) is 0 Å². The maximum atomic E-state index is 9.52. The van der Waals surface area contributed by atoms with Crippen molar-refractivity contribution in [2.24, 2.45) is 0 Å². The molecule has 0 unspecified atom stereocenters. The number of halogens is 1. The van der Waals surface area contributed by atoms with Gasteiger partial charge < -0.3 is 17.0 Å². The third-order valence-electron chi connectivity index (χ3n) is 0. The Balaban J connectivity index is -0.0000000800. The first-order valence-electron chi connectivity index (χ1n) is 1.03. The predicted molar refractivity (Wildman–Crippen MR) is 26.0 cm³/mol. The van der Waals surface area contributed by atoms with Crippen molar-refractivity contribution < 1.29 is 25.4 Å². The topological polar surface area (TPSA) is 34.1 Å². The monoisotopic (exact) mass is 196 g/mol. The van der Waals surface area contributed by atoms with Crippen LogP contribution in [0.2, 0.25) is 0 Å². The van der Waals surface area contributed by atoms with Crippen LogP contribution in [0.5, 0.6) is 0 Å². The van der Waals surface area contributed by atoms with Gasteiger partial charge in [-0.2, -0.15) is 0 Å². The first-order valence-corrected chi connectivity index (χ1v) is 3.09. The molecule has 0 bridgehead atoms. The molecule has 0 aromatic rings. The Morgan fingerprint density at radius 2 is 1.43 bits per heavy atom. The van der Waals surface area contributed by atoms with Crippen molar-refractivity contribution in [1.82, 2.24) is 0 Å². The fraction of sp³-hybridized carbons (Fsp3) is 0.500. The molecule has 0 aromatic carbocycles. The molecule has 5 heteroatoms. The molecule has 0 aliphatic carbocycles. The van der Waals surface area contributed by atoms with Crippen LogP contribution in [0.3, 0.4) is 0 Å². The molecule has 7 heavy (non-hydrogen) atoms. The van der Waals surface area contributed by atoms with Gasteiger partial charge >= 0.3 is 23.1 Å². The van der Waals surface area contributed by atoms with Gasteiger partial charge in [-0.05, 0) is 0 Å². The maximum absolute atomic E-state index is 9.52. The molecule has 0 aliphatic rings. The second-order valence-electron chi connectivity index (χ2n) is 0.926. The Hall–Kier alpha value is 1.20. The molecule has 0 saturated heterocycles. The van der Waals surface area contributed by atoms with Crippen LogP contribution >= 0.6 is 0 Å². The molecule has 2 nitrogen and oxygen atoms in total. The van der Waals surface area contributed by atoms with Crippen LogP contribution in [-0.4, -0.2) is 37.7 Å². The Morgan fingerprint density at radius 1 is 1.43 bits per heavy atom. The summed E-state index contributed by atoms with van der Waals surface area (Å²) >= 11 is 0.